The molecule has 22 heavy (non-hydrogen) atoms. The molecule has 1 heterocycles. The molecule has 0 fully saturated rings. The zero-order valence-corrected chi connectivity index (χ0v) is 12.6. The third kappa shape index (κ3) is 2.24. The second-order valence-corrected chi connectivity index (χ2v) is 5.54. The number of nitrogens with zero attached hydrogens (tertiary/aromatic N) is 3. The van der Waals surface area contributed by atoms with Crippen molar-refractivity contribution < 1.29 is 0 Å². The minimum Gasteiger partial charge on any atom is -0.335 e. The summed E-state index contributed by atoms with van der Waals surface area (Å²) in [7, 11) is 0. The molecule has 0 unspecified atom stereocenters. The van der Waals surface area contributed by atoms with Crippen molar-refractivity contribution in [1.82, 2.24) is 0 Å². The van der Waals surface area contributed by atoms with Gasteiger partial charge in [0, 0.05) is 17.8 Å². The first-order valence-electron chi connectivity index (χ1n) is 7.12. The zero-order chi connectivity index (χ0) is 15.7. The molecule has 2 aromatic carbocycles. The Morgan fingerprint density at radius 2 is 1.64 bits per heavy atom. The van der Waals surface area contributed by atoms with E-state index >= 15 is 0 Å². The lowest BCUT2D eigenvalue weighted by Gasteiger charge is -2.21. The van der Waals surface area contributed by atoms with Crippen LogP contribution < -0.4 is 4.90 Å². The molecule has 0 spiro atoms. The monoisotopic (exact) mass is 285 g/mol. The Morgan fingerprint density at radius 3 is 2.27 bits per heavy atom. The second kappa shape index (κ2) is 5.39. The van der Waals surface area contributed by atoms with Gasteiger partial charge < -0.3 is 4.90 Å². The van der Waals surface area contributed by atoms with Gasteiger partial charge in [-0.3, -0.25) is 0 Å². The van der Waals surface area contributed by atoms with E-state index in [-0.39, 0.29) is 5.57 Å². The van der Waals surface area contributed by atoms with Gasteiger partial charge in [-0.1, -0.05) is 30.3 Å². The molecule has 0 aliphatic carbocycles. The van der Waals surface area contributed by atoms with E-state index in [1.807, 2.05) is 36.4 Å². The maximum atomic E-state index is 9.33. The molecule has 0 amide bonds. The van der Waals surface area contributed by atoms with Crippen LogP contribution in [0.3, 0.4) is 0 Å². The lowest BCUT2D eigenvalue weighted by molar-refractivity contribution is 1.03. The first-order valence-corrected chi connectivity index (χ1v) is 7.12. The van der Waals surface area contributed by atoms with Gasteiger partial charge in [-0.05, 0) is 42.7 Å². The summed E-state index contributed by atoms with van der Waals surface area (Å²) in [4.78, 5) is 2.06. The molecule has 3 rings (SSSR count). The Morgan fingerprint density at radius 1 is 1.00 bits per heavy atom. The minimum atomic E-state index is 0.157. The molecule has 0 bridgehead atoms. The smallest absolute Gasteiger partial charge is 0.153 e. The predicted octanol–water partition coefficient (Wildman–Crippen LogP) is 4.08. The molecule has 0 N–H and O–H groups in total. The third-order valence-electron chi connectivity index (χ3n) is 3.85. The standard InChI is InChI=1S/C19H15N3/c1-13-7-14(2)9-17(8-13)22-12-15-5-3-4-6-18(15)19(22)16(10-20)11-21/h3-9H,12H2,1-2H3. The first kappa shape index (κ1) is 13.9. The number of fused-ring (bicyclic) bond motifs is 1. The fourth-order valence-corrected chi connectivity index (χ4v) is 3.01. The van der Waals surface area contributed by atoms with Crippen molar-refractivity contribution in [1.29, 1.82) is 10.5 Å². The quantitative estimate of drug-likeness (QED) is 0.742. The summed E-state index contributed by atoms with van der Waals surface area (Å²) in [5.41, 5.74) is 6.34. The van der Waals surface area contributed by atoms with Crippen LogP contribution in [0.2, 0.25) is 0 Å². The maximum absolute atomic E-state index is 9.33. The summed E-state index contributed by atoms with van der Waals surface area (Å²) in [6.07, 6.45) is 0. The minimum absolute atomic E-state index is 0.157. The molecule has 0 saturated carbocycles. The molecule has 0 aromatic heterocycles. The van der Waals surface area contributed by atoms with Gasteiger partial charge in [-0.15, -0.1) is 0 Å². The molecule has 0 saturated heterocycles. The third-order valence-corrected chi connectivity index (χ3v) is 3.85. The highest BCUT2D eigenvalue weighted by atomic mass is 15.2. The van der Waals surface area contributed by atoms with E-state index in [1.165, 1.54) is 11.1 Å². The van der Waals surface area contributed by atoms with Crippen molar-refractivity contribution in [2.24, 2.45) is 0 Å². The zero-order valence-electron chi connectivity index (χ0n) is 12.6. The topological polar surface area (TPSA) is 50.8 Å². The molecular formula is C19H15N3. The number of anilines is 1. The predicted molar refractivity (Wildman–Crippen MR) is 86.7 cm³/mol. The Kier molecular flexibility index (Phi) is 3.41. The Balaban J connectivity index is 2.23. The van der Waals surface area contributed by atoms with Crippen LogP contribution in [0.25, 0.3) is 5.70 Å². The van der Waals surface area contributed by atoms with Crippen molar-refractivity contribution in [2.45, 2.75) is 20.4 Å². The largest absolute Gasteiger partial charge is 0.335 e. The highest BCUT2D eigenvalue weighted by Gasteiger charge is 2.28. The van der Waals surface area contributed by atoms with Crippen LogP contribution in [-0.4, -0.2) is 0 Å². The number of hydrogen-bond acceptors (Lipinski definition) is 3. The maximum Gasteiger partial charge on any atom is 0.153 e. The first-order chi connectivity index (χ1) is 10.6. The normalized spacial score (nSPS) is 12.5. The van der Waals surface area contributed by atoms with E-state index in [9.17, 15) is 10.5 Å². The van der Waals surface area contributed by atoms with Gasteiger partial charge in [0.25, 0.3) is 0 Å². The van der Waals surface area contributed by atoms with Crippen LogP contribution in [0.5, 0.6) is 0 Å². The van der Waals surface area contributed by atoms with Gasteiger partial charge in [-0.25, -0.2) is 0 Å². The van der Waals surface area contributed by atoms with Crippen LogP contribution >= 0.6 is 0 Å². The molecular weight excluding hydrogens is 270 g/mol. The summed E-state index contributed by atoms with van der Waals surface area (Å²) in [5.74, 6) is 0. The van der Waals surface area contributed by atoms with Crippen molar-refractivity contribution in [2.75, 3.05) is 4.90 Å². The van der Waals surface area contributed by atoms with Crippen LogP contribution in [0.4, 0.5) is 5.69 Å². The molecule has 0 atom stereocenters. The number of rotatable bonds is 1. The lowest BCUT2D eigenvalue weighted by atomic mass is 10.1. The lowest BCUT2D eigenvalue weighted by Crippen LogP contribution is -2.15. The van der Waals surface area contributed by atoms with Crippen molar-refractivity contribution >= 4 is 11.4 Å². The fraction of sp³-hybridized carbons (Fsp3) is 0.158. The van der Waals surface area contributed by atoms with Crippen LogP contribution in [0.1, 0.15) is 22.3 Å². The highest BCUT2D eigenvalue weighted by molar-refractivity contribution is 5.90. The number of aryl methyl sites for hydroxylation is 2. The highest BCUT2D eigenvalue weighted by Crippen LogP contribution is 2.38. The van der Waals surface area contributed by atoms with Crippen LogP contribution in [-0.2, 0) is 6.54 Å². The number of benzene rings is 2. The summed E-state index contributed by atoms with van der Waals surface area (Å²) in [6.45, 7) is 4.79. The second-order valence-electron chi connectivity index (χ2n) is 5.54. The van der Waals surface area contributed by atoms with Crippen molar-refractivity contribution in [3.8, 4) is 12.1 Å². The van der Waals surface area contributed by atoms with Gasteiger partial charge in [0.05, 0.1) is 5.70 Å². The summed E-state index contributed by atoms with van der Waals surface area (Å²) in [5, 5.41) is 18.7. The van der Waals surface area contributed by atoms with E-state index in [2.05, 4.69) is 36.9 Å². The van der Waals surface area contributed by atoms with Gasteiger partial charge >= 0.3 is 0 Å². The van der Waals surface area contributed by atoms with Crippen molar-refractivity contribution in [3.05, 3.63) is 70.3 Å². The van der Waals surface area contributed by atoms with Gasteiger partial charge in [0.2, 0.25) is 0 Å². The van der Waals surface area contributed by atoms with E-state index in [1.54, 1.807) is 0 Å². The summed E-state index contributed by atoms with van der Waals surface area (Å²) >= 11 is 0. The number of nitriles is 2. The Hall–Kier alpha value is -3.04. The molecule has 3 heteroatoms. The van der Waals surface area contributed by atoms with Crippen LogP contribution in [0.15, 0.2) is 48.0 Å². The number of allylic oxidation sites excluding steroid dienone is 1. The van der Waals surface area contributed by atoms with Gasteiger partial charge in [0.1, 0.15) is 12.1 Å². The Labute approximate surface area is 130 Å². The molecule has 2 aromatic rings. The van der Waals surface area contributed by atoms with Gasteiger partial charge in [0.15, 0.2) is 5.57 Å². The van der Waals surface area contributed by atoms with Crippen LogP contribution in [0, 0.1) is 36.5 Å². The molecule has 1 aliphatic heterocycles. The molecule has 3 nitrogen and oxygen atoms in total. The molecule has 0 radical (unpaired) electrons. The van der Waals surface area contributed by atoms with E-state index in [4.69, 9.17) is 0 Å². The van der Waals surface area contributed by atoms with Crippen molar-refractivity contribution in [3.63, 3.8) is 0 Å². The van der Waals surface area contributed by atoms with E-state index in [0.29, 0.717) is 12.2 Å². The van der Waals surface area contributed by atoms with E-state index < -0.39 is 0 Å². The molecule has 106 valence electrons. The Bertz CT molecular complexity index is 827. The number of hydrogen-bond donors (Lipinski definition) is 0. The average Bonchev–Trinajstić information content (AvgIpc) is 2.88. The summed E-state index contributed by atoms with van der Waals surface area (Å²) < 4.78 is 0. The van der Waals surface area contributed by atoms with E-state index in [0.717, 1.165) is 16.8 Å². The fourth-order valence-electron chi connectivity index (χ4n) is 3.01. The summed E-state index contributed by atoms with van der Waals surface area (Å²) in [6, 6.07) is 18.3. The van der Waals surface area contributed by atoms with Gasteiger partial charge in [-0.2, -0.15) is 10.5 Å². The SMILES string of the molecule is Cc1cc(C)cc(N2Cc3ccccc3C2=C(C#N)C#N)c1. The molecule has 1 aliphatic rings. The average molecular weight is 285 g/mol.